The first-order valence-corrected chi connectivity index (χ1v) is 10.7. The maximum absolute atomic E-state index is 13.0. The van der Waals surface area contributed by atoms with Crippen molar-refractivity contribution in [1.82, 2.24) is 4.90 Å². The molecule has 1 aliphatic rings. The number of hydrogen-bond acceptors (Lipinski definition) is 4. The molecule has 1 heterocycles. The standard InChI is InChI=1S/C22H25BrN2O5/c1-3-29-19-11-14-9-10-25(22(28)24-16-7-5-15(23)6-8-16)18(13-21(26)27)17(14)12-20(19)30-4-2/h5-8,11-12,18H,3-4,9-10,13H2,1-2H3,(H,24,28)(H,26,27)/t18-/m0/s1. The number of amides is 2. The Morgan fingerprint density at radius 3 is 2.37 bits per heavy atom. The van der Waals surface area contributed by atoms with E-state index in [1.165, 1.54) is 0 Å². The molecule has 7 nitrogen and oxygen atoms in total. The summed E-state index contributed by atoms with van der Waals surface area (Å²) in [5, 5.41) is 12.4. The van der Waals surface area contributed by atoms with Crippen LogP contribution >= 0.6 is 15.9 Å². The second-order valence-corrected chi connectivity index (χ2v) is 7.77. The second kappa shape index (κ2) is 9.84. The van der Waals surface area contributed by atoms with Gasteiger partial charge in [-0.3, -0.25) is 4.79 Å². The number of hydrogen-bond donors (Lipinski definition) is 2. The van der Waals surface area contributed by atoms with E-state index in [-0.39, 0.29) is 12.5 Å². The van der Waals surface area contributed by atoms with Crippen LogP contribution < -0.4 is 14.8 Å². The monoisotopic (exact) mass is 476 g/mol. The molecule has 8 heteroatoms. The largest absolute Gasteiger partial charge is 0.490 e. The number of halogens is 1. The maximum atomic E-state index is 13.0. The summed E-state index contributed by atoms with van der Waals surface area (Å²) in [6.45, 7) is 5.14. The third-order valence-electron chi connectivity index (χ3n) is 4.89. The number of nitrogens with zero attached hydrogens (tertiary/aromatic N) is 1. The number of carbonyl (C=O) groups is 2. The van der Waals surface area contributed by atoms with E-state index in [0.29, 0.717) is 43.4 Å². The third kappa shape index (κ3) is 5.05. The number of rotatable bonds is 7. The van der Waals surface area contributed by atoms with E-state index in [0.717, 1.165) is 15.6 Å². The van der Waals surface area contributed by atoms with Crippen LogP contribution in [0.15, 0.2) is 40.9 Å². The summed E-state index contributed by atoms with van der Waals surface area (Å²) in [4.78, 5) is 26.2. The summed E-state index contributed by atoms with van der Waals surface area (Å²) in [7, 11) is 0. The number of nitrogens with one attached hydrogen (secondary N) is 1. The summed E-state index contributed by atoms with van der Waals surface area (Å²) in [6.07, 6.45) is 0.409. The molecule has 0 bridgehead atoms. The van der Waals surface area contributed by atoms with Crippen molar-refractivity contribution in [3.05, 3.63) is 52.0 Å². The van der Waals surface area contributed by atoms with Crippen LogP contribution in [-0.4, -0.2) is 41.8 Å². The Morgan fingerprint density at radius 1 is 1.13 bits per heavy atom. The Bertz CT molecular complexity index is 916. The average Bonchev–Trinajstić information content (AvgIpc) is 2.70. The average molecular weight is 477 g/mol. The van der Waals surface area contributed by atoms with Gasteiger partial charge in [-0.15, -0.1) is 0 Å². The van der Waals surface area contributed by atoms with Crippen molar-refractivity contribution in [2.75, 3.05) is 25.1 Å². The fourth-order valence-electron chi connectivity index (χ4n) is 3.60. The molecule has 2 N–H and O–H groups in total. The fourth-order valence-corrected chi connectivity index (χ4v) is 3.87. The lowest BCUT2D eigenvalue weighted by Gasteiger charge is -2.37. The van der Waals surface area contributed by atoms with Crippen LogP contribution in [-0.2, 0) is 11.2 Å². The Kier molecular flexibility index (Phi) is 7.20. The highest BCUT2D eigenvalue weighted by Crippen LogP contribution is 2.40. The minimum atomic E-state index is -0.971. The number of fused-ring (bicyclic) bond motifs is 1. The van der Waals surface area contributed by atoms with Crippen LogP contribution in [0.25, 0.3) is 0 Å². The molecule has 0 aromatic heterocycles. The van der Waals surface area contributed by atoms with E-state index in [9.17, 15) is 14.7 Å². The minimum Gasteiger partial charge on any atom is -0.490 e. The lowest BCUT2D eigenvalue weighted by atomic mass is 9.90. The van der Waals surface area contributed by atoms with E-state index in [4.69, 9.17) is 9.47 Å². The van der Waals surface area contributed by atoms with Crippen molar-refractivity contribution >= 4 is 33.6 Å². The van der Waals surface area contributed by atoms with Crippen molar-refractivity contribution in [3.8, 4) is 11.5 Å². The van der Waals surface area contributed by atoms with Crippen molar-refractivity contribution in [3.63, 3.8) is 0 Å². The molecule has 1 atom stereocenters. The Hall–Kier alpha value is -2.74. The van der Waals surface area contributed by atoms with Gasteiger partial charge >= 0.3 is 12.0 Å². The molecule has 30 heavy (non-hydrogen) atoms. The molecule has 2 aromatic carbocycles. The highest BCUT2D eigenvalue weighted by molar-refractivity contribution is 9.10. The molecule has 0 saturated carbocycles. The second-order valence-electron chi connectivity index (χ2n) is 6.86. The maximum Gasteiger partial charge on any atom is 0.322 e. The lowest BCUT2D eigenvalue weighted by molar-refractivity contribution is -0.138. The van der Waals surface area contributed by atoms with Gasteiger partial charge in [0.2, 0.25) is 0 Å². The zero-order valence-electron chi connectivity index (χ0n) is 17.0. The number of anilines is 1. The summed E-state index contributed by atoms with van der Waals surface area (Å²) in [5.74, 6) is 0.227. The molecule has 0 aliphatic carbocycles. The number of ether oxygens (including phenoxy) is 2. The molecular formula is C22H25BrN2O5. The first kappa shape index (κ1) is 22.0. The Balaban J connectivity index is 1.93. The number of carbonyl (C=O) groups excluding carboxylic acids is 1. The molecule has 0 radical (unpaired) electrons. The van der Waals surface area contributed by atoms with Crippen molar-refractivity contribution < 1.29 is 24.2 Å². The van der Waals surface area contributed by atoms with Gasteiger partial charge in [0.25, 0.3) is 0 Å². The van der Waals surface area contributed by atoms with Gasteiger partial charge in [0, 0.05) is 16.7 Å². The van der Waals surface area contributed by atoms with Gasteiger partial charge in [0.15, 0.2) is 11.5 Å². The molecule has 0 spiro atoms. The van der Waals surface area contributed by atoms with Crippen LogP contribution in [0, 0.1) is 0 Å². The SMILES string of the molecule is CCOc1cc2c(cc1OCC)[C@H](CC(=O)O)N(C(=O)Nc1ccc(Br)cc1)CC2. The quantitative estimate of drug-likeness (QED) is 0.595. The predicted octanol–water partition coefficient (Wildman–Crippen LogP) is 4.85. The van der Waals surface area contributed by atoms with E-state index < -0.39 is 12.0 Å². The van der Waals surface area contributed by atoms with E-state index in [1.807, 2.05) is 38.1 Å². The van der Waals surface area contributed by atoms with Gasteiger partial charge in [-0.1, -0.05) is 15.9 Å². The van der Waals surface area contributed by atoms with Crippen LogP contribution in [0.2, 0.25) is 0 Å². The van der Waals surface area contributed by atoms with Gasteiger partial charge in [-0.2, -0.15) is 0 Å². The molecule has 0 fully saturated rings. The lowest BCUT2D eigenvalue weighted by Crippen LogP contribution is -2.43. The topological polar surface area (TPSA) is 88.1 Å². The zero-order chi connectivity index (χ0) is 21.7. The molecule has 160 valence electrons. The Morgan fingerprint density at radius 2 is 1.77 bits per heavy atom. The number of carboxylic acids is 1. The van der Waals surface area contributed by atoms with Gasteiger partial charge in [-0.05, 0) is 67.8 Å². The summed E-state index contributed by atoms with van der Waals surface area (Å²) >= 11 is 3.37. The number of urea groups is 1. The highest BCUT2D eigenvalue weighted by Gasteiger charge is 2.34. The normalized spacial score (nSPS) is 15.3. The zero-order valence-corrected chi connectivity index (χ0v) is 18.6. The first-order chi connectivity index (χ1) is 14.4. The molecule has 2 aromatic rings. The van der Waals surface area contributed by atoms with E-state index >= 15 is 0 Å². The molecular weight excluding hydrogens is 452 g/mol. The van der Waals surface area contributed by atoms with Gasteiger partial charge in [-0.25, -0.2) is 4.79 Å². The van der Waals surface area contributed by atoms with E-state index in [2.05, 4.69) is 21.2 Å². The number of aliphatic carboxylic acids is 1. The van der Waals surface area contributed by atoms with Gasteiger partial charge in [0.05, 0.1) is 25.7 Å². The number of benzene rings is 2. The smallest absolute Gasteiger partial charge is 0.322 e. The van der Waals surface area contributed by atoms with Gasteiger partial charge in [0.1, 0.15) is 0 Å². The summed E-state index contributed by atoms with van der Waals surface area (Å²) in [6, 6.07) is 10.0. The predicted molar refractivity (Wildman–Crippen MR) is 117 cm³/mol. The minimum absolute atomic E-state index is 0.194. The van der Waals surface area contributed by atoms with Crippen molar-refractivity contribution in [1.29, 1.82) is 0 Å². The summed E-state index contributed by atoms with van der Waals surface area (Å²) in [5.41, 5.74) is 2.40. The van der Waals surface area contributed by atoms with Crippen LogP contribution in [0.5, 0.6) is 11.5 Å². The molecule has 0 saturated heterocycles. The Labute approximate surface area is 184 Å². The first-order valence-electron chi connectivity index (χ1n) is 9.90. The molecule has 3 rings (SSSR count). The molecule has 1 aliphatic heterocycles. The van der Waals surface area contributed by atoms with Crippen molar-refractivity contribution in [2.45, 2.75) is 32.7 Å². The van der Waals surface area contributed by atoms with Crippen LogP contribution in [0.1, 0.15) is 37.4 Å². The molecule has 2 amide bonds. The summed E-state index contributed by atoms with van der Waals surface area (Å²) < 4.78 is 12.3. The van der Waals surface area contributed by atoms with E-state index in [1.54, 1.807) is 17.0 Å². The van der Waals surface area contributed by atoms with Gasteiger partial charge < -0.3 is 24.8 Å². The third-order valence-corrected chi connectivity index (χ3v) is 5.42. The van der Waals surface area contributed by atoms with Crippen LogP contribution in [0.3, 0.4) is 0 Å². The molecule has 0 unspecified atom stereocenters. The van der Waals surface area contributed by atoms with Crippen molar-refractivity contribution in [2.24, 2.45) is 0 Å². The fraction of sp³-hybridized carbons (Fsp3) is 0.364. The number of carboxylic acid groups (broad SMARTS) is 1. The van der Waals surface area contributed by atoms with Crippen LogP contribution in [0.4, 0.5) is 10.5 Å². The highest BCUT2D eigenvalue weighted by atomic mass is 79.9.